The molecule has 0 spiro atoms. The topological polar surface area (TPSA) is 55.8 Å². The van der Waals surface area contributed by atoms with Crippen LogP contribution >= 0.6 is 23.4 Å². The van der Waals surface area contributed by atoms with E-state index in [1.807, 2.05) is 19.9 Å². The van der Waals surface area contributed by atoms with E-state index in [1.165, 1.54) is 0 Å². The highest BCUT2D eigenvalue weighted by Gasteiger charge is 2.37. The van der Waals surface area contributed by atoms with Crippen LogP contribution in [0, 0.1) is 0 Å². The Bertz CT molecular complexity index is 913. The maximum atomic E-state index is 12.8. The third-order valence-corrected chi connectivity index (χ3v) is 4.94. The van der Waals surface area contributed by atoms with E-state index >= 15 is 0 Å². The van der Waals surface area contributed by atoms with Crippen molar-refractivity contribution in [3.63, 3.8) is 0 Å². The zero-order chi connectivity index (χ0) is 19.4. The molecule has 140 valence electrons. The molecule has 0 saturated carbocycles. The number of carbonyl (C=O) groups excluding carboxylic acids is 2. The predicted molar refractivity (Wildman–Crippen MR) is 109 cm³/mol. The van der Waals surface area contributed by atoms with Crippen LogP contribution in [0.25, 0.3) is 6.08 Å². The van der Waals surface area contributed by atoms with E-state index < -0.39 is 5.91 Å². The predicted octanol–water partition coefficient (Wildman–Crippen LogP) is 5.38. The molecule has 27 heavy (non-hydrogen) atoms. The molecule has 1 saturated heterocycles. The molecule has 2 aromatic rings. The maximum Gasteiger partial charge on any atom is 0.298 e. The highest BCUT2D eigenvalue weighted by atomic mass is 35.5. The first-order valence-corrected chi connectivity index (χ1v) is 9.66. The molecule has 0 aliphatic carbocycles. The Morgan fingerprint density at radius 3 is 2.44 bits per heavy atom. The smallest absolute Gasteiger partial charge is 0.298 e. The van der Waals surface area contributed by atoms with Crippen LogP contribution in [-0.4, -0.2) is 24.4 Å². The molecule has 3 rings (SSSR count). The minimum atomic E-state index is -0.398. The number of anilines is 1. The van der Waals surface area contributed by atoms with Crippen LogP contribution < -0.4 is 14.4 Å². The summed E-state index contributed by atoms with van der Waals surface area (Å²) in [6.45, 7) is 4.80. The number of hydrogen-bond donors (Lipinski definition) is 0. The molecule has 2 aromatic carbocycles. The van der Waals surface area contributed by atoms with Gasteiger partial charge in [0.15, 0.2) is 11.5 Å². The average Bonchev–Trinajstić information content (AvgIpc) is 2.92. The van der Waals surface area contributed by atoms with Crippen molar-refractivity contribution in [1.29, 1.82) is 0 Å². The first kappa shape index (κ1) is 19.3. The number of rotatable bonds is 6. The SMILES string of the molecule is CCOc1ccc(C=C2SC(=O)N(c3ccccc3Cl)C2=O)cc1OCC. The van der Waals surface area contributed by atoms with E-state index in [9.17, 15) is 9.59 Å². The van der Waals surface area contributed by atoms with Gasteiger partial charge in [0.05, 0.1) is 28.8 Å². The summed E-state index contributed by atoms with van der Waals surface area (Å²) < 4.78 is 11.2. The fourth-order valence-electron chi connectivity index (χ4n) is 2.62. The molecule has 0 atom stereocenters. The van der Waals surface area contributed by atoms with Gasteiger partial charge in [0.2, 0.25) is 0 Å². The van der Waals surface area contributed by atoms with Crippen LogP contribution in [0.2, 0.25) is 5.02 Å². The number of benzene rings is 2. The molecule has 0 aromatic heterocycles. The molecule has 2 amide bonds. The number of para-hydroxylation sites is 1. The normalized spacial score (nSPS) is 15.5. The maximum absolute atomic E-state index is 12.8. The first-order chi connectivity index (χ1) is 13.0. The summed E-state index contributed by atoms with van der Waals surface area (Å²) in [5, 5.41) is -0.0314. The highest BCUT2D eigenvalue weighted by molar-refractivity contribution is 8.19. The Morgan fingerprint density at radius 2 is 1.74 bits per heavy atom. The standard InChI is InChI=1S/C20H18ClNO4S/c1-3-25-16-10-9-13(11-17(16)26-4-2)12-18-19(23)22(20(24)27-18)15-8-6-5-7-14(15)21/h5-12H,3-4H2,1-2H3. The molecular weight excluding hydrogens is 386 g/mol. The lowest BCUT2D eigenvalue weighted by atomic mass is 10.1. The fourth-order valence-corrected chi connectivity index (χ4v) is 3.67. The van der Waals surface area contributed by atoms with Gasteiger partial charge in [-0.1, -0.05) is 29.8 Å². The highest BCUT2D eigenvalue weighted by Crippen LogP contribution is 2.39. The quantitative estimate of drug-likeness (QED) is 0.606. The second-order valence-electron chi connectivity index (χ2n) is 5.54. The summed E-state index contributed by atoms with van der Waals surface area (Å²) in [7, 11) is 0. The van der Waals surface area contributed by atoms with Crippen molar-refractivity contribution < 1.29 is 19.1 Å². The third kappa shape index (κ3) is 4.12. The lowest BCUT2D eigenvalue weighted by molar-refractivity contribution is -0.113. The Hall–Kier alpha value is -2.44. The molecule has 7 heteroatoms. The van der Waals surface area contributed by atoms with Gasteiger partial charge >= 0.3 is 0 Å². The number of thioether (sulfide) groups is 1. The second-order valence-corrected chi connectivity index (χ2v) is 6.94. The van der Waals surface area contributed by atoms with E-state index in [4.69, 9.17) is 21.1 Å². The van der Waals surface area contributed by atoms with Crippen molar-refractivity contribution >= 4 is 46.3 Å². The average molecular weight is 404 g/mol. The monoisotopic (exact) mass is 403 g/mol. The van der Waals surface area contributed by atoms with Crippen molar-refractivity contribution in [2.75, 3.05) is 18.1 Å². The molecule has 1 fully saturated rings. The van der Waals surface area contributed by atoms with Crippen molar-refractivity contribution in [2.45, 2.75) is 13.8 Å². The summed E-state index contributed by atoms with van der Waals surface area (Å²) in [5.74, 6) is 0.837. The van der Waals surface area contributed by atoms with E-state index in [0.29, 0.717) is 40.3 Å². The Morgan fingerprint density at radius 1 is 1.04 bits per heavy atom. The molecule has 0 bridgehead atoms. The number of carbonyl (C=O) groups is 2. The number of nitrogens with zero attached hydrogens (tertiary/aromatic N) is 1. The van der Waals surface area contributed by atoms with Crippen LogP contribution in [0.15, 0.2) is 47.4 Å². The van der Waals surface area contributed by atoms with Gasteiger partial charge < -0.3 is 9.47 Å². The fraction of sp³-hybridized carbons (Fsp3) is 0.200. The minimum Gasteiger partial charge on any atom is -0.490 e. The van der Waals surface area contributed by atoms with Crippen LogP contribution in [0.5, 0.6) is 11.5 Å². The van der Waals surface area contributed by atoms with Crippen molar-refractivity contribution in [3.05, 3.63) is 58.0 Å². The van der Waals surface area contributed by atoms with Gasteiger partial charge in [0, 0.05) is 0 Å². The molecule has 1 aliphatic heterocycles. The minimum absolute atomic E-state index is 0.325. The molecule has 1 aliphatic rings. The Labute approximate surface area is 166 Å². The molecule has 0 unspecified atom stereocenters. The van der Waals surface area contributed by atoms with Crippen molar-refractivity contribution in [2.24, 2.45) is 0 Å². The van der Waals surface area contributed by atoms with E-state index in [-0.39, 0.29) is 5.24 Å². The van der Waals surface area contributed by atoms with E-state index in [2.05, 4.69) is 0 Å². The van der Waals surface area contributed by atoms with Gasteiger partial charge in [-0.3, -0.25) is 9.59 Å². The molecule has 1 heterocycles. The van der Waals surface area contributed by atoms with Crippen LogP contribution in [0.4, 0.5) is 10.5 Å². The van der Waals surface area contributed by atoms with Gasteiger partial charge in [0.25, 0.3) is 11.1 Å². The summed E-state index contributed by atoms with van der Waals surface area (Å²) in [4.78, 5) is 26.5. The van der Waals surface area contributed by atoms with Crippen LogP contribution in [0.3, 0.4) is 0 Å². The number of hydrogen-bond acceptors (Lipinski definition) is 5. The first-order valence-electron chi connectivity index (χ1n) is 8.47. The largest absolute Gasteiger partial charge is 0.490 e. The molecule has 5 nitrogen and oxygen atoms in total. The number of ether oxygens (including phenoxy) is 2. The number of halogens is 1. The Balaban J connectivity index is 1.92. The van der Waals surface area contributed by atoms with E-state index in [0.717, 1.165) is 22.2 Å². The van der Waals surface area contributed by atoms with Gasteiger partial charge in [-0.15, -0.1) is 0 Å². The van der Waals surface area contributed by atoms with Crippen LogP contribution in [-0.2, 0) is 4.79 Å². The van der Waals surface area contributed by atoms with Crippen molar-refractivity contribution in [3.8, 4) is 11.5 Å². The van der Waals surface area contributed by atoms with Crippen LogP contribution in [0.1, 0.15) is 19.4 Å². The third-order valence-electron chi connectivity index (χ3n) is 3.75. The lowest BCUT2D eigenvalue weighted by Gasteiger charge is -2.13. The zero-order valence-corrected chi connectivity index (χ0v) is 16.5. The summed E-state index contributed by atoms with van der Waals surface area (Å²) in [6.07, 6.45) is 1.67. The van der Waals surface area contributed by atoms with Gasteiger partial charge in [-0.25, -0.2) is 4.90 Å². The number of imide groups is 1. The second kappa shape index (κ2) is 8.50. The van der Waals surface area contributed by atoms with Crippen molar-refractivity contribution in [1.82, 2.24) is 0 Å². The lowest BCUT2D eigenvalue weighted by Crippen LogP contribution is -2.27. The molecular formula is C20H18ClNO4S. The summed E-state index contributed by atoms with van der Waals surface area (Å²) in [6, 6.07) is 12.2. The van der Waals surface area contributed by atoms with Gasteiger partial charge in [-0.2, -0.15) is 0 Å². The number of amides is 2. The van der Waals surface area contributed by atoms with E-state index in [1.54, 1.807) is 42.5 Å². The molecule has 0 radical (unpaired) electrons. The summed E-state index contributed by atoms with van der Waals surface area (Å²) >= 11 is 7.02. The zero-order valence-electron chi connectivity index (χ0n) is 14.9. The Kier molecular flexibility index (Phi) is 6.08. The molecule has 0 N–H and O–H groups in total. The summed E-state index contributed by atoms with van der Waals surface area (Å²) in [5.41, 5.74) is 1.12. The van der Waals surface area contributed by atoms with Gasteiger partial charge in [-0.05, 0) is 61.5 Å². The van der Waals surface area contributed by atoms with Gasteiger partial charge in [0.1, 0.15) is 0 Å².